The number of hydrogen-bond donors (Lipinski definition) is 1. The molecular formula is C24H25Cl2NO7. The van der Waals surface area contributed by atoms with Crippen LogP contribution >= 0.6 is 23.2 Å². The van der Waals surface area contributed by atoms with E-state index in [9.17, 15) is 24.3 Å². The number of ketones is 1. The van der Waals surface area contributed by atoms with Crippen LogP contribution in [-0.2, 0) is 25.7 Å². The third-order valence-electron chi connectivity index (χ3n) is 5.11. The molecule has 0 aliphatic carbocycles. The van der Waals surface area contributed by atoms with E-state index in [1.54, 1.807) is 39.0 Å². The predicted molar refractivity (Wildman–Crippen MR) is 128 cm³/mol. The molecule has 2 rings (SSSR count). The molecule has 34 heavy (non-hydrogen) atoms. The van der Waals surface area contributed by atoms with Crippen molar-refractivity contribution in [2.75, 3.05) is 12.0 Å². The van der Waals surface area contributed by atoms with E-state index in [4.69, 9.17) is 32.7 Å². The van der Waals surface area contributed by atoms with Crippen molar-refractivity contribution in [3.8, 4) is 5.75 Å². The van der Waals surface area contributed by atoms with Crippen molar-refractivity contribution in [1.82, 2.24) is 0 Å². The molecule has 0 atom stereocenters. The maximum absolute atomic E-state index is 13.1. The highest BCUT2D eigenvalue weighted by Gasteiger charge is 2.29. The number of carboxylic acid groups (broad SMARTS) is 1. The Morgan fingerprint density at radius 3 is 2.26 bits per heavy atom. The Morgan fingerprint density at radius 1 is 1.03 bits per heavy atom. The molecule has 182 valence electrons. The third kappa shape index (κ3) is 6.95. The molecule has 0 aliphatic rings. The van der Waals surface area contributed by atoms with Gasteiger partial charge in [-0.15, -0.1) is 0 Å². The van der Waals surface area contributed by atoms with Crippen LogP contribution in [0.15, 0.2) is 36.4 Å². The van der Waals surface area contributed by atoms with Crippen molar-refractivity contribution >= 4 is 52.5 Å². The summed E-state index contributed by atoms with van der Waals surface area (Å²) in [6, 6.07) is 8.83. The number of hydrogen-bond acceptors (Lipinski definition) is 6. The van der Waals surface area contributed by atoms with Crippen LogP contribution in [0.1, 0.15) is 49.5 Å². The van der Waals surface area contributed by atoms with Crippen LogP contribution in [0.3, 0.4) is 0 Å². The topological polar surface area (TPSA) is 110 Å². The van der Waals surface area contributed by atoms with Crippen molar-refractivity contribution in [2.24, 2.45) is 0 Å². The molecular weight excluding hydrogens is 485 g/mol. The zero-order chi connectivity index (χ0) is 25.6. The first-order chi connectivity index (χ1) is 15.9. The molecule has 0 saturated heterocycles. The Labute approximate surface area is 207 Å². The van der Waals surface area contributed by atoms with E-state index in [0.717, 1.165) is 0 Å². The minimum atomic E-state index is -1.21. The molecule has 2 aromatic carbocycles. The van der Waals surface area contributed by atoms with Crippen LogP contribution in [0.4, 0.5) is 5.69 Å². The van der Waals surface area contributed by atoms with E-state index in [0.29, 0.717) is 17.0 Å². The van der Waals surface area contributed by atoms with E-state index in [1.807, 2.05) is 0 Å². The van der Waals surface area contributed by atoms with Gasteiger partial charge in [-0.05, 0) is 50.1 Å². The lowest BCUT2D eigenvalue weighted by Crippen LogP contribution is -2.36. The SMILES string of the molecule is CCC(C)(C)OC(=O)C(=O)CC(=O)N(Cc1ccc(Cl)c(Cl)c1)c1ccc(C(=O)O)c(OC)c1. The third-order valence-corrected chi connectivity index (χ3v) is 5.85. The fourth-order valence-electron chi connectivity index (χ4n) is 2.85. The van der Waals surface area contributed by atoms with Crippen molar-refractivity contribution in [3.05, 3.63) is 57.6 Å². The molecule has 0 heterocycles. The van der Waals surface area contributed by atoms with Crippen molar-refractivity contribution in [2.45, 2.75) is 45.8 Å². The molecule has 0 aromatic heterocycles. The highest BCUT2D eigenvalue weighted by atomic mass is 35.5. The summed E-state index contributed by atoms with van der Waals surface area (Å²) in [5.41, 5.74) is -0.107. The maximum atomic E-state index is 13.1. The second kappa shape index (κ2) is 11.4. The van der Waals surface area contributed by atoms with Crippen LogP contribution in [0.25, 0.3) is 0 Å². The summed E-state index contributed by atoms with van der Waals surface area (Å²) in [6.45, 7) is 5.09. The molecule has 0 spiro atoms. The lowest BCUT2D eigenvalue weighted by atomic mass is 10.1. The summed E-state index contributed by atoms with van der Waals surface area (Å²) < 4.78 is 10.3. The Bertz CT molecular complexity index is 1110. The zero-order valence-corrected chi connectivity index (χ0v) is 20.7. The lowest BCUT2D eigenvalue weighted by molar-refractivity contribution is -0.164. The number of amides is 1. The quantitative estimate of drug-likeness (QED) is 0.274. The summed E-state index contributed by atoms with van der Waals surface area (Å²) in [6.07, 6.45) is -0.262. The van der Waals surface area contributed by atoms with Crippen LogP contribution < -0.4 is 9.64 Å². The zero-order valence-electron chi connectivity index (χ0n) is 19.2. The van der Waals surface area contributed by atoms with Crippen LogP contribution in [0.5, 0.6) is 5.75 Å². The summed E-state index contributed by atoms with van der Waals surface area (Å²) in [4.78, 5) is 50.5. The number of Topliss-reactive ketones (excluding diaryl/α,β-unsaturated/α-hetero) is 1. The number of methoxy groups -OCH3 is 1. The molecule has 0 radical (unpaired) electrons. The van der Waals surface area contributed by atoms with Gasteiger partial charge in [0.15, 0.2) is 0 Å². The largest absolute Gasteiger partial charge is 0.496 e. The second-order valence-electron chi connectivity index (χ2n) is 8.02. The summed E-state index contributed by atoms with van der Waals surface area (Å²) >= 11 is 12.1. The first-order valence-corrected chi connectivity index (χ1v) is 11.1. The number of nitrogens with zero attached hydrogens (tertiary/aromatic N) is 1. The molecule has 0 unspecified atom stereocenters. The molecule has 1 amide bonds. The van der Waals surface area contributed by atoms with E-state index < -0.39 is 35.7 Å². The lowest BCUT2D eigenvalue weighted by Gasteiger charge is -2.25. The van der Waals surface area contributed by atoms with Gasteiger partial charge < -0.3 is 19.5 Å². The van der Waals surface area contributed by atoms with Gasteiger partial charge in [0, 0.05) is 11.8 Å². The van der Waals surface area contributed by atoms with Crippen LogP contribution in [-0.4, -0.2) is 41.4 Å². The number of ether oxygens (including phenoxy) is 2. The normalized spacial score (nSPS) is 11.0. The van der Waals surface area contributed by atoms with Gasteiger partial charge in [0.2, 0.25) is 11.7 Å². The number of benzene rings is 2. The molecule has 8 nitrogen and oxygen atoms in total. The number of carboxylic acids is 1. The number of carbonyl (C=O) groups is 4. The van der Waals surface area contributed by atoms with E-state index in [-0.39, 0.29) is 28.6 Å². The van der Waals surface area contributed by atoms with E-state index in [2.05, 4.69) is 0 Å². The number of anilines is 1. The van der Waals surface area contributed by atoms with Crippen molar-refractivity contribution < 1.29 is 33.8 Å². The van der Waals surface area contributed by atoms with Crippen LogP contribution in [0.2, 0.25) is 10.0 Å². The number of aromatic carboxylic acids is 1. The highest BCUT2D eigenvalue weighted by molar-refractivity contribution is 6.42. The van der Waals surface area contributed by atoms with Crippen LogP contribution in [0, 0.1) is 0 Å². The molecule has 0 saturated carbocycles. The summed E-state index contributed by atoms with van der Waals surface area (Å²) in [5.74, 6) is -3.99. The summed E-state index contributed by atoms with van der Waals surface area (Å²) in [5, 5.41) is 9.93. The fourth-order valence-corrected chi connectivity index (χ4v) is 3.17. The van der Waals surface area contributed by atoms with Gasteiger partial charge in [0.1, 0.15) is 16.9 Å². The molecule has 10 heteroatoms. The van der Waals surface area contributed by atoms with Gasteiger partial charge in [-0.1, -0.05) is 36.2 Å². The number of rotatable bonds is 10. The van der Waals surface area contributed by atoms with Gasteiger partial charge in [0.05, 0.1) is 30.1 Å². The van der Waals surface area contributed by atoms with E-state index in [1.165, 1.54) is 30.2 Å². The average molecular weight is 510 g/mol. The van der Waals surface area contributed by atoms with Gasteiger partial charge in [-0.25, -0.2) is 9.59 Å². The van der Waals surface area contributed by atoms with E-state index >= 15 is 0 Å². The highest BCUT2D eigenvalue weighted by Crippen LogP contribution is 2.29. The van der Waals surface area contributed by atoms with Gasteiger partial charge in [-0.3, -0.25) is 9.59 Å². The second-order valence-corrected chi connectivity index (χ2v) is 8.84. The standard InChI is InChI=1S/C24H25Cl2NO7/c1-5-24(2,3)34-23(32)19(28)12-21(29)27(13-14-6-9-17(25)18(26)10-14)15-7-8-16(22(30)31)20(11-15)33-4/h6-11H,5,12-13H2,1-4H3,(H,30,31). The first kappa shape index (κ1) is 27.1. The summed E-state index contributed by atoms with van der Waals surface area (Å²) in [7, 11) is 1.30. The number of carbonyl (C=O) groups excluding carboxylic acids is 3. The maximum Gasteiger partial charge on any atom is 0.375 e. The van der Waals surface area contributed by atoms with Gasteiger partial charge in [-0.2, -0.15) is 0 Å². The van der Waals surface area contributed by atoms with Crippen molar-refractivity contribution in [1.29, 1.82) is 0 Å². The Morgan fingerprint density at radius 2 is 1.71 bits per heavy atom. The molecule has 0 bridgehead atoms. The smallest absolute Gasteiger partial charge is 0.375 e. The minimum Gasteiger partial charge on any atom is -0.496 e. The Balaban J connectivity index is 2.39. The fraction of sp³-hybridized carbons (Fsp3) is 0.333. The molecule has 1 N–H and O–H groups in total. The van der Waals surface area contributed by atoms with Gasteiger partial charge in [0.25, 0.3) is 0 Å². The minimum absolute atomic E-state index is 0.0207. The Kier molecular flexibility index (Phi) is 9.06. The van der Waals surface area contributed by atoms with Crippen molar-refractivity contribution in [3.63, 3.8) is 0 Å². The monoisotopic (exact) mass is 509 g/mol. The number of esters is 1. The molecule has 2 aromatic rings. The molecule has 0 aliphatic heterocycles. The first-order valence-electron chi connectivity index (χ1n) is 10.3. The number of halogens is 2. The van der Waals surface area contributed by atoms with Gasteiger partial charge >= 0.3 is 11.9 Å². The average Bonchev–Trinajstić information content (AvgIpc) is 2.78. The predicted octanol–water partition coefficient (Wildman–Crippen LogP) is 4.92. The molecule has 0 fully saturated rings. The Hall–Kier alpha value is -3.10.